The van der Waals surface area contributed by atoms with E-state index in [9.17, 15) is 4.79 Å². The number of carbonyl (C=O) groups excluding carboxylic acids is 1. The van der Waals surface area contributed by atoms with Crippen molar-refractivity contribution in [2.75, 3.05) is 13.1 Å². The molecule has 4 aromatic rings. The van der Waals surface area contributed by atoms with Gasteiger partial charge in [0.1, 0.15) is 0 Å². The number of amides is 1. The Balaban J connectivity index is 1.20. The molecule has 0 N–H and O–H groups in total. The van der Waals surface area contributed by atoms with Crippen LogP contribution in [0.1, 0.15) is 29.9 Å². The molecule has 1 saturated heterocycles. The predicted octanol–water partition coefficient (Wildman–Crippen LogP) is 5.24. The second-order valence-electron chi connectivity index (χ2n) is 8.70. The van der Waals surface area contributed by atoms with Gasteiger partial charge in [-0.15, -0.1) is 11.3 Å². The number of carbonyl (C=O) groups is 1. The average Bonchev–Trinajstić information content (AvgIpc) is 3.57. The predicted molar refractivity (Wildman–Crippen MR) is 133 cm³/mol. The van der Waals surface area contributed by atoms with Gasteiger partial charge in [0.15, 0.2) is 0 Å². The zero-order valence-electron chi connectivity index (χ0n) is 19.0. The van der Waals surface area contributed by atoms with Crippen molar-refractivity contribution in [3.8, 4) is 10.7 Å². The van der Waals surface area contributed by atoms with Crippen LogP contribution in [0.2, 0.25) is 0 Å². The molecule has 7 heteroatoms. The lowest BCUT2D eigenvalue weighted by Gasteiger charge is -2.34. The van der Waals surface area contributed by atoms with Crippen LogP contribution in [0.15, 0.2) is 82.7 Å². The first-order chi connectivity index (χ1) is 16.7. The molecule has 1 amide bonds. The number of thiophene rings is 1. The molecule has 1 aliphatic heterocycles. The number of benzene rings is 2. The van der Waals surface area contributed by atoms with Crippen molar-refractivity contribution < 1.29 is 9.32 Å². The van der Waals surface area contributed by atoms with Crippen LogP contribution in [0.25, 0.3) is 10.7 Å². The molecule has 1 fully saturated rings. The first kappa shape index (κ1) is 22.5. The van der Waals surface area contributed by atoms with Gasteiger partial charge in [0, 0.05) is 19.0 Å². The number of hydrogen-bond acceptors (Lipinski definition) is 6. The lowest BCUT2D eigenvalue weighted by molar-refractivity contribution is -0.138. The molecule has 0 aliphatic carbocycles. The van der Waals surface area contributed by atoms with Crippen LogP contribution in [0.4, 0.5) is 0 Å². The van der Waals surface area contributed by atoms with Crippen molar-refractivity contribution in [2.45, 2.75) is 32.5 Å². The smallest absolute Gasteiger partial charge is 0.241 e. The van der Waals surface area contributed by atoms with E-state index in [1.165, 1.54) is 0 Å². The molecule has 0 unspecified atom stereocenters. The summed E-state index contributed by atoms with van der Waals surface area (Å²) < 4.78 is 5.47. The number of rotatable bonds is 8. The maximum Gasteiger partial charge on any atom is 0.241 e. The van der Waals surface area contributed by atoms with E-state index in [2.05, 4.69) is 39.3 Å². The van der Waals surface area contributed by atoms with Crippen LogP contribution in [0.5, 0.6) is 0 Å². The fraction of sp³-hybridized carbons (Fsp3) is 0.296. The van der Waals surface area contributed by atoms with Crippen LogP contribution in [0.3, 0.4) is 0 Å². The zero-order chi connectivity index (χ0) is 23.2. The summed E-state index contributed by atoms with van der Waals surface area (Å²) >= 11 is 1.60. The summed E-state index contributed by atoms with van der Waals surface area (Å²) in [5, 5.41) is 6.11. The first-order valence-corrected chi connectivity index (χ1v) is 12.6. The Kier molecular flexibility index (Phi) is 7.12. The number of likely N-dealkylation sites (tertiary alicyclic amines) is 1. The largest absolute Gasteiger partial charge is 0.338 e. The molecule has 2 aromatic carbocycles. The lowest BCUT2D eigenvalue weighted by Crippen LogP contribution is -2.42. The van der Waals surface area contributed by atoms with Crippen LogP contribution < -0.4 is 0 Å². The summed E-state index contributed by atoms with van der Waals surface area (Å²) in [5.74, 6) is 1.55. The highest BCUT2D eigenvalue weighted by molar-refractivity contribution is 7.13. The van der Waals surface area contributed by atoms with Gasteiger partial charge in [-0.2, -0.15) is 4.98 Å². The summed E-state index contributed by atoms with van der Waals surface area (Å²) in [6.45, 7) is 3.57. The highest BCUT2D eigenvalue weighted by Crippen LogP contribution is 2.25. The highest BCUT2D eigenvalue weighted by Gasteiger charge is 2.29. The Morgan fingerprint density at radius 3 is 2.18 bits per heavy atom. The SMILES string of the molecule is O=C(C1CCN(Cc2nc(-c3cccs3)no2)CC1)N(Cc1ccccc1)Cc1ccccc1. The van der Waals surface area contributed by atoms with Gasteiger partial charge in [-0.3, -0.25) is 9.69 Å². The molecular weight excluding hydrogens is 444 g/mol. The molecule has 1 aliphatic rings. The lowest BCUT2D eigenvalue weighted by atomic mass is 9.94. The molecule has 6 nitrogen and oxygen atoms in total. The summed E-state index contributed by atoms with van der Waals surface area (Å²) in [6, 6.07) is 24.5. The minimum Gasteiger partial charge on any atom is -0.338 e. The number of piperidine rings is 1. The van der Waals surface area contributed by atoms with Crippen LogP contribution in [-0.2, 0) is 24.4 Å². The van der Waals surface area contributed by atoms with Gasteiger partial charge in [0.25, 0.3) is 0 Å². The molecule has 5 rings (SSSR count). The van der Waals surface area contributed by atoms with Crippen molar-refractivity contribution >= 4 is 17.2 Å². The van der Waals surface area contributed by atoms with Gasteiger partial charge < -0.3 is 9.42 Å². The second-order valence-corrected chi connectivity index (χ2v) is 9.65. The zero-order valence-corrected chi connectivity index (χ0v) is 19.9. The Morgan fingerprint density at radius 2 is 1.59 bits per heavy atom. The van der Waals surface area contributed by atoms with E-state index in [1.54, 1.807) is 11.3 Å². The Hall–Kier alpha value is -3.29. The third kappa shape index (κ3) is 5.61. The van der Waals surface area contributed by atoms with Crippen molar-refractivity contribution in [3.63, 3.8) is 0 Å². The van der Waals surface area contributed by atoms with Gasteiger partial charge >= 0.3 is 0 Å². The molecule has 3 heterocycles. The van der Waals surface area contributed by atoms with Crippen molar-refractivity contribution in [1.29, 1.82) is 0 Å². The van der Waals surface area contributed by atoms with E-state index in [1.807, 2.05) is 58.8 Å². The molecule has 0 bridgehead atoms. The van der Waals surface area contributed by atoms with Crippen LogP contribution in [-0.4, -0.2) is 38.9 Å². The van der Waals surface area contributed by atoms with E-state index < -0.39 is 0 Å². The maximum atomic E-state index is 13.6. The van der Waals surface area contributed by atoms with Crippen LogP contribution >= 0.6 is 11.3 Å². The van der Waals surface area contributed by atoms with E-state index in [-0.39, 0.29) is 11.8 Å². The third-order valence-corrected chi connectivity index (χ3v) is 7.12. The fourth-order valence-corrected chi connectivity index (χ4v) is 5.08. The normalized spacial score (nSPS) is 14.8. The Bertz CT molecular complexity index is 1130. The number of aromatic nitrogens is 2. The summed E-state index contributed by atoms with van der Waals surface area (Å²) in [7, 11) is 0. The van der Waals surface area contributed by atoms with E-state index >= 15 is 0 Å². The van der Waals surface area contributed by atoms with E-state index in [0.29, 0.717) is 31.3 Å². The molecule has 0 atom stereocenters. The number of nitrogens with zero attached hydrogens (tertiary/aromatic N) is 4. The van der Waals surface area contributed by atoms with Gasteiger partial charge in [0.2, 0.25) is 17.6 Å². The topological polar surface area (TPSA) is 62.5 Å². The monoisotopic (exact) mass is 472 g/mol. The Morgan fingerprint density at radius 1 is 0.941 bits per heavy atom. The fourth-order valence-electron chi connectivity index (χ4n) is 4.43. The average molecular weight is 473 g/mol. The third-order valence-electron chi connectivity index (χ3n) is 6.25. The van der Waals surface area contributed by atoms with Crippen molar-refractivity contribution in [2.24, 2.45) is 5.92 Å². The highest BCUT2D eigenvalue weighted by atomic mass is 32.1. The summed E-state index contributed by atoms with van der Waals surface area (Å²) in [4.78, 5) is 23.4. The van der Waals surface area contributed by atoms with Gasteiger partial charge in [-0.05, 0) is 48.5 Å². The van der Waals surface area contributed by atoms with Crippen molar-refractivity contribution in [1.82, 2.24) is 19.9 Å². The Labute approximate surface area is 203 Å². The molecule has 0 radical (unpaired) electrons. The van der Waals surface area contributed by atoms with Gasteiger partial charge in [0.05, 0.1) is 11.4 Å². The van der Waals surface area contributed by atoms with Crippen LogP contribution in [0, 0.1) is 5.92 Å². The molecular formula is C27H28N4O2S. The second kappa shape index (κ2) is 10.8. The summed E-state index contributed by atoms with van der Waals surface area (Å²) in [5.41, 5.74) is 2.31. The maximum absolute atomic E-state index is 13.6. The minimum absolute atomic E-state index is 0.0352. The van der Waals surface area contributed by atoms with E-state index in [4.69, 9.17) is 4.52 Å². The van der Waals surface area contributed by atoms with Crippen molar-refractivity contribution in [3.05, 3.63) is 95.2 Å². The first-order valence-electron chi connectivity index (χ1n) is 11.7. The van der Waals surface area contributed by atoms with Gasteiger partial charge in [-0.25, -0.2) is 0 Å². The molecule has 0 saturated carbocycles. The summed E-state index contributed by atoms with van der Waals surface area (Å²) in [6.07, 6.45) is 1.68. The standard InChI is InChI=1S/C27H28N4O2S/c32-27(31(18-21-8-3-1-4-9-21)19-22-10-5-2-6-11-22)23-13-15-30(16-14-23)20-25-28-26(29-33-25)24-12-7-17-34-24/h1-12,17,23H,13-16,18-20H2. The van der Waals surface area contributed by atoms with E-state index in [0.717, 1.165) is 41.9 Å². The molecule has 174 valence electrons. The molecule has 34 heavy (non-hydrogen) atoms. The minimum atomic E-state index is 0.0352. The number of hydrogen-bond donors (Lipinski definition) is 0. The molecule has 0 spiro atoms. The van der Waals surface area contributed by atoms with Gasteiger partial charge in [-0.1, -0.05) is 71.9 Å². The molecule has 2 aromatic heterocycles. The quantitative estimate of drug-likeness (QED) is 0.351.